The standard InChI is InChI=1S/C24H34N4O2.HI/c1-18(2)30-23-9-5-20(6-10-23)27-24(25-13-11-22-4-3-15-29-22)26-16-19-12-14-28(17-19)21-7-8-21;/h3-6,9-10,15,18-19,21H,7-8,11-14,16-17H2,1-2H3,(H2,25,26,27);1H. The molecule has 4 rings (SSSR count). The fraction of sp³-hybridized carbons (Fsp3) is 0.542. The number of halogens is 1. The number of ether oxygens (including phenoxy) is 1. The lowest BCUT2D eigenvalue weighted by molar-refractivity contribution is 0.242. The molecule has 2 aromatic rings. The average Bonchev–Trinajstić information content (AvgIpc) is 3.24. The van der Waals surface area contributed by atoms with Gasteiger partial charge in [0.2, 0.25) is 0 Å². The number of hydrogen-bond acceptors (Lipinski definition) is 4. The van der Waals surface area contributed by atoms with Gasteiger partial charge in [-0.2, -0.15) is 0 Å². The SMILES string of the molecule is CC(C)Oc1ccc(NC(=NCC2CCN(C3CC3)C2)NCCc2ccco2)cc1.I. The Hall–Kier alpha value is -1.74. The van der Waals surface area contributed by atoms with E-state index < -0.39 is 0 Å². The Labute approximate surface area is 202 Å². The van der Waals surface area contributed by atoms with Crippen molar-refractivity contribution in [1.82, 2.24) is 10.2 Å². The summed E-state index contributed by atoms with van der Waals surface area (Å²) < 4.78 is 11.2. The number of anilines is 1. The fourth-order valence-corrected chi connectivity index (χ4v) is 3.93. The van der Waals surface area contributed by atoms with Gasteiger partial charge in [-0.05, 0) is 82.0 Å². The topological polar surface area (TPSA) is 62.0 Å². The number of aliphatic imine (C=N–C) groups is 1. The third kappa shape index (κ3) is 7.71. The number of hydrogen-bond donors (Lipinski definition) is 2. The maximum atomic E-state index is 5.74. The van der Waals surface area contributed by atoms with Crippen molar-refractivity contribution < 1.29 is 9.15 Å². The first kappa shape index (κ1) is 23.9. The summed E-state index contributed by atoms with van der Waals surface area (Å²) in [6, 6.07) is 12.8. The predicted octanol–water partition coefficient (Wildman–Crippen LogP) is 4.77. The van der Waals surface area contributed by atoms with Gasteiger partial charge in [0.25, 0.3) is 0 Å². The molecule has 31 heavy (non-hydrogen) atoms. The summed E-state index contributed by atoms with van der Waals surface area (Å²) >= 11 is 0. The van der Waals surface area contributed by atoms with Crippen LogP contribution in [-0.4, -0.2) is 49.2 Å². The molecule has 1 saturated carbocycles. The molecule has 1 aliphatic heterocycles. The van der Waals surface area contributed by atoms with Gasteiger partial charge in [0.1, 0.15) is 11.5 Å². The minimum atomic E-state index is 0. The molecular weight excluding hydrogens is 503 g/mol. The normalized spacial score (nSPS) is 19.3. The molecule has 0 amide bonds. The summed E-state index contributed by atoms with van der Waals surface area (Å²) in [6.45, 7) is 8.12. The van der Waals surface area contributed by atoms with Crippen molar-refractivity contribution >= 4 is 35.6 Å². The maximum absolute atomic E-state index is 5.74. The monoisotopic (exact) mass is 538 g/mol. The van der Waals surface area contributed by atoms with Gasteiger partial charge < -0.3 is 24.7 Å². The second-order valence-electron chi connectivity index (χ2n) is 8.64. The van der Waals surface area contributed by atoms with Crippen LogP contribution in [0.15, 0.2) is 52.1 Å². The number of benzene rings is 1. The highest BCUT2D eigenvalue weighted by molar-refractivity contribution is 14.0. The van der Waals surface area contributed by atoms with E-state index in [1.165, 1.54) is 32.4 Å². The molecule has 6 nitrogen and oxygen atoms in total. The zero-order valence-corrected chi connectivity index (χ0v) is 20.9. The Bertz CT molecular complexity index is 803. The summed E-state index contributed by atoms with van der Waals surface area (Å²) in [6.07, 6.45) is 6.73. The van der Waals surface area contributed by atoms with Crippen molar-refractivity contribution in [3.63, 3.8) is 0 Å². The summed E-state index contributed by atoms with van der Waals surface area (Å²) in [4.78, 5) is 7.55. The number of nitrogens with zero attached hydrogens (tertiary/aromatic N) is 2. The smallest absolute Gasteiger partial charge is 0.195 e. The highest BCUT2D eigenvalue weighted by Crippen LogP contribution is 2.31. The van der Waals surface area contributed by atoms with Gasteiger partial charge in [0, 0.05) is 37.8 Å². The van der Waals surface area contributed by atoms with Gasteiger partial charge in [-0.15, -0.1) is 24.0 Å². The largest absolute Gasteiger partial charge is 0.491 e. The van der Waals surface area contributed by atoms with E-state index in [9.17, 15) is 0 Å². The van der Waals surface area contributed by atoms with Crippen LogP contribution in [0.3, 0.4) is 0 Å². The summed E-state index contributed by atoms with van der Waals surface area (Å²) in [7, 11) is 0. The van der Waals surface area contributed by atoms with Gasteiger partial charge in [-0.3, -0.25) is 4.99 Å². The molecule has 2 N–H and O–H groups in total. The highest BCUT2D eigenvalue weighted by atomic mass is 127. The molecule has 7 heteroatoms. The summed E-state index contributed by atoms with van der Waals surface area (Å²) in [5, 5.41) is 6.91. The van der Waals surface area contributed by atoms with E-state index in [2.05, 4.69) is 15.5 Å². The lowest BCUT2D eigenvalue weighted by Crippen LogP contribution is -2.33. The molecule has 1 unspecified atom stereocenters. The molecule has 0 bridgehead atoms. The van der Waals surface area contributed by atoms with Crippen LogP contribution in [0.2, 0.25) is 0 Å². The molecule has 1 aliphatic carbocycles. The third-order valence-electron chi connectivity index (χ3n) is 5.62. The van der Waals surface area contributed by atoms with E-state index in [0.717, 1.165) is 48.7 Å². The van der Waals surface area contributed by atoms with Crippen LogP contribution in [0.1, 0.15) is 38.9 Å². The van der Waals surface area contributed by atoms with Gasteiger partial charge in [0.15, 0.2) is 5.96 Å². The number of rotatable bonds is 9. The molecular formula is C24H35IN4O2. The van der Waals surface area contributed by atoms with E-state index in [1.807, 2.05) is 50.2 Å². The Balaban J connectivity index is 0.00000272. The predicted molar refractivity (Wildman–Crippen MR) is 137 cm³/mol. The van der Waals surface area contributed by atoms with Crippen LogP contribution in [0.5, 0.6) is 5.75 Å². The van der Waals surface area contributed by atoms with Gasteiger partial charge in [0.05, 0.1) is 12.4 Å². The lowest BCUT2D eigenvalue weighted by Gasteiger charge is -2.16. The van der Waals surface area contributed by atoms with Crippen LogP contribution >= 0.6 is 24.0 Å². The van der Waals surface area contributed by atoms with Crippen molar-refractivity contribution in [1.29, 1.82) is 0 Å². The quantitative estimate of drug-likeness (QED) is 0.274. The molecule has 2 fully saturated rings. The number of likely N-dealkylation sites (tertiary alicyclic amines) is 1. The van der Waals surface area contributed by atoms with Crippen LogP contribution in [0.4, 0.5) is 5.69 Å². The molecule has 1 atom stereocenters. The molecule has 2 aliphatic rings. The number of nitrogens with one attached hydrogen (secondary N) is 2. The molecule has 0 radical (unpaired) electrons. The molecule has 1 aromatic heterocycles. The first-order chi connectivity index (χ1) is 14.7. The minimum Gasteiger partial charge on any atom is -0.491 e. The van der Waals surface area contributed by atoms with Crippen molar-refractivity contribution in [2.24, 2.45) is 10.9 Å². The average molecular weight is 538 g/mol. The summed E-state index contributed by atoms with van der Waals surface area (Å²) in [5.41, 5.74) is 1.00. The number of furan rings is 1. The zero-order valence-electron chi connectivity index (χ0n) is 18.5. The second-order valence-corrected chi connectivity index (χ2v) is 8.64. The Morgan fingerprint density at radius 2 is 2.00 bits per heavy atom. The van der Waals surface area contributed by atoms with E-state index in [1.54, 1.807) is 6.26 Å². The van der Waals surface area contributed by atoms with Gasteiger partial charge >= 0.3 is 0 Å². The first-order valence-electron chi connectivity index (χ1n) is 11.2. The maximum Gasteiger partial charge on any atom is 0.195 e. The van der Waals surface area contributed by atoms with Crippen molar-refractivity contribution in [3.05, 3.63) is 48.4 Å². The Morgan fingerprint density at radius 3 is 2.68 bits per heavy atom. The van der Waals surface area contributed by atoms with Crippen LogP contribution in [0, 0.1) is 5.92 Å². The van der Waals surface area contributed by atoms with Crippen molar-refractivity contribution in [2.75, 3.05) is 31.5 Å². The van der Waals surface area contributed by atoms with E-state index in [0.29, 0.717) is 5.92 Å². The van der Waals surface area contributed by atoms with Crippen molar-refractivity contribution in [2.45, 2.75) is 51.7 Å². The Morgan fingerprint density at radius 1 is 1.19 bits per heavy atom. The first-order valence-corrected chi connectivity index (χ1v) is 11.2. The highest BCUT2D eigenvalue weighted by Gasteiger charge is 2.34. The van der Waals surface area contributed by atoms with Crippen molar-refractivity contribution in [3.8, 4) is 5.75 Å². The zero-order chi connectivity index (χ0) is 20.8. The Kier molecular flexibility index (Phi) is 9.07. The summed E-state index contributed by atoms with van der Waals surface area (Å²) in [5.74, 6) is 3.33. The minimum absolute atomic E-state index is 0. The molecule has 1 aromatic carbocycles. The van der Waals surface area contributed by atoms with Crippen LogP contribution in [0.25, 0.3) is 0 Å². The van der Waals surface area contributed by atoms with Crippen LogP contribution < -0.4 is 15.4 Å². The molecule has 170 valence electrons. The molecule has 0 spiro atoms. The van der Waals surface area contributed by atoms with Gasteiger partial charge in [-0.1, -0.05) is 0 Å². The lowest BCUT2D eigenvalue weighted by atomic mass is 10.1. The second kappa shape index (κ2) is 11.8. The third-order valence-corrected chi connectivity index (χ3v) is 5.62. The molecule has 1 saturated heterocycles. The molecule has 2 heterocycles. The number of guanidine groups is 1. The fourth-order valence-electron chi connectivity index (χ4n) is 3.93. The van der Waals surface area contributed by atoms with E-state index in [-0.39, 0.29) is 30.1 Å². The van der Waals surface area contributed by atoms with E-state index in [4.69, 9.17) is 14.1 Å². The van der Waals surface area contributed by atoms with Gasteiger partial charge in [-0.25, -0.2) is 0 Å². The van der Waals surface area contributed by atoms with Crippen LogP contribution in [-0.2, 0) is 6.42 Å². The van der Waals surface area contributed by atoms with E-state index >= 15 is 0 Å².